The molecule has 0 saturated heterocycles. The summed E-state index contributed by atoms with van der Waals surface area (Å²) in [4.78, 5) is 24.1. The zero-order chi connectivity index (χ0) is 20.9. The Kier molecular flexibility index (Phi) is 6.87. The predicted molar refractivity (Wildman–Crippen MR) is 102 cm³/mol. The SMILES string of the molecule is Cc1ccc(S(=O)(=O)N(C)CC(=O)O[C@H](C)C(=O)Nc2ccc(F)cc2)cc1. The van der Waals surface area contributed by atoms with Crippen LogP contribution in [0.3, 0.4) is 0 Å². The van der Waals surface area contributed by atoms with Crippen molar-refractivity contribution in [1.82, 2.24) is 4.31 Å². The first kappa shape index (κ1) is 21.5. The molecule has 0 aliphatic carbocycles. The smallest absolute Gasteiger partial charge is 0.322 e. The number of likely N-dealkylation sites (N-methyl/N-ethyl adjacent to an activating group) is 1. The third-order valence-electron chi connectivity index (χ3n) is 3.87. The molecule has 1 amide bonds. The topological polar surface area (TPSA) is 92.8 Å². The minimum absolute atomic E-state index is 0.0514. The van der Waals surface area contributed by atoms with E-state index in [9.17, 15) is 22.4 Å². The highest BCUT2D eigenvalue weighted by atomic mass is 32.2. The van der Waals surface area contributed by atoms with Gasteiger partial charge in [-0.25, -0.2) is 12.8 Å². The van der Waals surface area contributed by atoms with E-state index in [0.717, 1.165) is 9.87 Å². The van der Waals surface area contributed by atoms with E-state index in [0.29, 0.717) is 5.69 Å². The van der Waals surface area contributed by atoms with Gasteiger partial charge in [-0.15, -0.1) is 0 Å². The third kappa shape index (κ3) is 5.61. The molecule has 28 heavy (non-hydrogen) atoms. The molecule has 0 unspecified atom stereocenters. The van der Waals surface area contributed by atoms with Crippen LogP contribution in [0.4, 0.5) is 10.1 Å². The van der Waals surface area contributed by atoms with Crippen molar-refractivity contribution in [3.05, 3.63) is 59.9 Å². The lowest BCUT2D eigenvalue weighted by Gasteiger charge is -2.18. The average molecular weight is 408 g/mol. The molecule has 150 valence electrons. The highest BCUT2D eigenvalue weighted by Crippen LogP contribution is 2.15. The Bertz CT molecular complexity index is 943. The van der Waals surface area contributed by atoms with E-state index in [-0.39, 0.29) is 4.90 Å². The van der Waals surface area contributed by atoms with E-state index < -0.39 is 40.4 Å². The van der Waals surface area contributed by atoms with Crippen molar-refractivity contribution in [2.24, 2.45) is 0 Å². The second-order valence-corrected chi connectivity index (χ2v) is 8.25. The van der Waals surface area contributed by atoms with Gasteiger partial charge in [-0.05, 0) is 50.2 Å². The summed E-state index contributed by atoms with van der Waals surface area (Å²) >= 11 is 0. The highest BCUT2D eigenvalue weighted by molar-refractivity contribution is 7.89. The summed E-state index contributed by atoms with van der Waals surface area (Å²) < 4.78 is 43.7. The van der Waals surface area contributed by atoms with Gasteiger partial charge in [0, 0.05) is 12.7 Å². The minimum Gasteiger partial charge on any atom is -0.452 e. The number of rotatable bonds is 7. The molecule has 0 aromatic heterocycles. The molecule has 2 rings (SSSR count). The number of nitrogens with one attached hydrogen (secondary N) is 1. The number of benzene rings is 2. The molecule has 1 atom stereocenters. The lowest BCUT2D eigenvalue weighted by Crippen LogP contribution is -2.37. The van der Waals surface area contributed by atoms with Crippen molar-refractivity contribution in [3.8, 4) is 0 Å². The molecule has 1 N–H and O–H groups in total. The number of esters is 1. The highest BCUT2D eigenvalue weighted by Gasteiger charge is 2.25. The van der Waals surface area contributed by atoms with Gasteiger partial charge in [0.1, 0.15) is 12.4 Å². The van der Waals surface area contributed by atoms with E-state index in [1.807, 2.05) is 6.92 Å². The van der Waals surface area contributed by atoms with E-state index in [4.69, 9.17) is 4.74 Å². The minimum atomic E-state index is -3.86. The van der Waals surface area contributed by atoms with Crippen LogP contribution in [-0.2, 0) is 24.3 Å². The number of carbonyl (C=O) groups excluding carboxylic acids is 2. The zero-order valence-corrected chi connectivity index (χ0v) is 16.5. The predicted octanol–water partition coefficient (Wildman–Crippen LogP) is 2.33. The normalized spacial score (nSPS) is 12.5. The van der Waals surface area contributed by atoms with Crippen LogP contribution >= 0.6 is 0 Å². The molecular formula is C19H21FN2O5S. The Hall–Kier alpha value is -2.78. The average Bonchev–Trinajstić information content (AvgIpc) is 2.63. The van der Waals surface area contributed by atoms with Gasteiger partial charge in [0.15, 0.2) is 6.10 Å². The number of carbonyl (C=O) groups is 2. The van der Waals surface area contributed by atoms with Gasteiger partial charge in [-0.1, -0.05) is 17.7 Å². The van der Waals surface area contributed by atoms with E-state index in [1.165, 1.54) is 50.4 Å². The maximum atomic E-state index is 12.9. The zero-order valence-electron chi connectivity index (χ0n) is 15.7. The Morgan fingerprint density at radius 1 is 1.11 bits per heavy atom. The van der Waals surface area contributed by atoms with Gasteiger partial charge < -0.3 is 10.1 Å². The van der Waals surface area contributed by atoms with Crippen LogP contribution in [0.15, 0.2) is 53.4 Å². The lowest BCUT2D eigenvalue weighted by atomic mass is 10.2. The number of sulfonamides is 1. The molecule has 0 bridgehead atoms. The van der Waals surface area contributed by atoms with Gasteiger partial charge >= 0.3 is 5.97 Å². The van der Waals surface area contributed by atoms with Crippen LogP contribution in [0, 0.1) is 12.7 Å². The number of nitrogens with zero attached hydrogens (tertiary/aromatic N) is 1. The summed E-state index contributed by atoms with van der Waals surface area (Å²) in [5.41, 5.74) is 1.25. The fourth-order valence-corrected chi connectivity index (χ4v) is 3.34. The standard InChI is InChI=1S/C19H21FN2O5S/c1-13-4-10-17(11-5-13)28(25,26)22(3)12-18(23)27-14(2)19(24)21-16-8-6-15(20)7-9-16/h4-11,14H,12H2,1-3H3,(H,21,24)/t14-/m1/s1. The van der Waals surface area contributed by atoms with Crippen LogP contribution < -0.4 is 5.32 Å². The van der Waals surface area contributed by atoms with Crippen molar-refractivity contribution < 1.29 is 27.1 Å². The molecule has 0 aliphatic rings. The molecule has 2 aromatic carbocycles. The largest absolute Gasteiger partial charge is 0.452 e. The molecule has 0 fully saturated rings. The molecule has 9 heteroatoms. The fraction of sp³-hybridized carbons (Fsp3) is 0.263. The number of anilines is 1. The molecule has 0 radical (unpaired) electrons. The monoisotopic (exact) mass is 408 g/mol. The summed E-state index contributed by atoms with van der Waals surface area (Å²) in [7, 11) is -2.61. The first-order chi connectivity index (χ1) is 13.1. The van der Waals surface area contributed by atoms with Gasteiger partial charge in [0.25, 0.3) is 5.91 Å². The summed E-state index contributed by atoms with van der Waals surface area (Å²) in [6.07, 6.45) is -1.16. The van der Waals surface area contributed by atoms with Crippen molar-refractivity contribution in [2.75, 3.05) is 18.9 Å². The number of hydrogen-bond acceptors (Lipinski definition) is 5. The maximum Gasteiger partial charge on any atom is 0.322 e. The maximum absolute atomic E-state index is 12.9. The number of hydrogen-bond donors (Lipinski definition) is 1. The summed E-state index contributed by atoms with van der Waals surface area (Å²) in [6.45, 7) is 2.63. The first-order valence-corrected chi connectivity index (χ1v) is 9.82. The molecule has 0 spiro atoms. The summed E-state index contributed by atoms with van der Waals surface area (Å²) in [5.74, 6) is -1.95. The molecule has 7 nitrogen and oxygen atoms in total. The summed E-state index contributed by atoms with van der Waals surface area (Å²) in [5, 5.41) is 2.47. The van der Waals surface area contributed by atoms with Crippen molar-refractivity contribution >= 4 is 27.6 Å². The van der Waals surface area contributed by atoms with Crippen LogP contribution in [0.1, 0.15) is 12.5 Å². The lowest BCUT2D eigenvalue weighted by molar-refractivity contribution is -0.153. The summed E-state index contributed by atoms with van der Waals surface area (Å²) in [6, 6.07) is 11.3. The Morgan fingerprint density at radius 2 is 1.68 bits per heavy atom. The van der Waals surface area contributed by atoms with Crippen LogP contribution in [0.2, 0.25) is 0 Å². The second-order valence-electron chi connectivity index (χ2n) is 6.20. The van der Waals surface area contributed by atoms with Crippen LogP contribution in [-0.4, -0.2) is 44.3 Å². The van der Waals surface area contributed by atoms with E-state index in [1.54, 1.807) is 12.1 Å². The molecule has 0 saturated carbocycles. The number of aryl methyl sites for hydroxylation is 1. The van der Waals surface area contributed by atoms with E-state index in [2.05, 4.69) is 5.32 Å². The molecule has 0 heterocycles. The fourth-order valence-electron chi connectivity index (χ4n) is 2.22. The van der Waals surface area contributed by atoms with Crippen molar-refractivity contribution in [2.45, 2.75) is 24.8 Å². The Labute approximate surface area is 163 Å². The van der Waals surface area contributed by atoms with E-state index >= 15 is 0 Å². The first-order valence-electron chi connectivity index (χ1n) is 8.38. The number of halogens is 1. The number of amides is 1. The number of ether oxygens (including phenoxy) is 1. The van der Waals surface area contributed by atoms with Gasteiger partial charge in [0.2, 0.25) is 10.0 Å². The van der Waals surface area contributed by atoms with Crippen molar-refractivity contribution in [3.63, 3.8) is 0 Å². The van der Waals surface area contributed by atoms with Crippen molar-refractivity contribution in [1.29, 1.82) is 0 Å². The molecule has 0 aliphatic heterocycles. The van der Waals surface area contributed by atoms with Gasteiger partial charge in [-0.3, -0.25) is 9.59 Å². The van der Waals surface area contributed by atoms with Crippen LogP contribution in [0.25, 0.3) is 0 Å². The molecule has 2 aromatic rings. The quantitative estimate of drug-likeness (QED) is 0.710. The molecular weight excluding hydrogens is 387 g/mol. The third-order valence-corrected chi connectivity index (χ3v) is 5.69. The van der Waals surface area contributed by atoms with Gasteiger partial charge in [-0.2, -0.15) is 4.31 Å². The second kappa shape index (κ2) is 8.94. The Balaban J connectivity index is 1.93. The van der Waals surface area contributed by atoms with Crippen LogP contribution in [0.5, 0.6) is 0 Å². The van der Waals surface area contributed by atoms with Gasteiger partial charge in [0.05, 0.1) is 4.90 Å². The Morgan fingerprint density at radius 3 is 2.25 bits per heavy atom.